The van der Waals surface area contributed by atoms with Crippen molar-refractivity contribution < 1.29 is 0 Å². The zero-order valence-corrected chi connectivity index (χ0v) is 14.0. The maximum atomic E-state index is 4.68. The average molecular weight is 334 g/mol. The second-order valence-corrected chi connectivity index (χ2v) is 6.30. The van der Waals surface area contributed by atoms with Gasteiger partial charge in [-0.1, -0.05) is 30.0 Å². The monoisotopic (exact) mass is 333 g/mol. The second-order valence-electron chi connectivity index (χ2n) is 5.01. The van der Waals surface area contributed by atoms with Crippen molar-refractivity contribution in [3.8, 4) is 0 Å². The first-order valence-electron chi connectivity index (χ1n) is 6.56. The Labute approximate surface area is 137 Å². The lowest BCUT2D eigenvalue weighted by Crippen LogP contribution is -2.18. The van der Waals surface area contributed by atoms with Gasteiger partial charge in [0, 0.05) is 24.0 Å². The Kier molecular flexibility index (Phi) is 7.17. The number of para-hydroxylation sites is 1. The fraction of sp³-hybridized carbons (Fsp3) is 0.500. The van der Waals surface area contributed by atoms with Crippen LogP contribution in [0.1, 0.15) is 12.0 Å². The van der Waals surface area contributed by atoms with E-state index < -0.39 is 0 Å². The number of benzene rings is 1. The minimum absolute atomic E-state index is 0. The van der Waals surface area contributed by atoms with E-state index in [1.54, 1.807) is 0 Å². The van der Waals surface area contributed by atoms with Crippen LogP contribution in [0.25, 0.3) is 0 Å². The Morgan fingerprint density at radius 1 is 1.30 bits per heavy atom. The van der Waals surface area contributed by atoms with Crippen molar-refractivity contribution in [1.82, 2.24) is 4.90 Å². The Hall–Kier alpha value is -0.420. The Balaban J connectivity index is 0.000001000. The molecule has 1 fully saturated rings. The number of anilines is 1. The molecule has 2 aliphatic rings. The molecule has 1 saturated heterocycles. The highest BCUT2D eigenvalue weighted by Gasteiger charge is 2.22. The normalized spacial score (nSPS) is 21.6. The molecule has 3 rings (SSSR count). The molecular formula is C14H21Cl2N3S. The summed E-state index contributed by atoms with van der Waals surface area (Å²) in [6, 6.07) is 8.53. The molecule has 0 spiro atoms. The fourth-order valence-corrected chi connectivity index (χ4v) is 3.71. The van der Waals surface area contributed by atoms with Crippen LogP contribution in [0, 0.1) is 0 Å². The molecule has 0 radical (unpaired) electrons. The van der Waals surface area contributed by atoms with E-state index >= 15 is 0 Å². The quantitative estimate of drug-likeness (QED) is 0.854. The van der Waals surface area contributed by atoms with Gasteiger partial charge in [0.15, 0.2) is 5.17 Å². The number of aliphatic imine (C=N–C) groups is 1. The predicted octanol–water partition coefficient (Wildman–Crippen LogP) is 3.29. The number of amidine groups is 1. The van der Waals surface area contributed by atoms with Gasteiger partial charge in [0.1, 0.15) is 0 Å². The summed E-state index contributed by atoms with van der Waals surface area (Å²) in [6.07, 6.45) is 2.31. The number of nitrogens with zero attached hydrogens (tertiary/aromatic N) is 2. The van der Waals surface area contributed by atoms with Crippen LogP contribution in [-0.4, -0.2) is 42.0 Å². The van der Waals surface area contributed by atoms with Gasteiger partial charge in [-0.15, -0.1) is 24.8 Å². The van der Waals surface area contributed by atoms with Crippen LogP contribution in [0.3, 0.4) is 0 Å². The van der Waals surface area contributed by atoms with Gasteiger partial charge >= 0.3 is 0 Å². The first-order valence-corrected chi connectivity index (χ1v) is 7.44. The van der Waals surface area contributed by atoms with Gasteiger partial charge in [0.25, 0.3) is 0 Å². The Morgan fingerprint density at radius 3 is 2.85 bits per heavy atom. The molecule has 1 atom stereocenters. The van der Waals surface area contributed by atoms with E-state index in [0.717, 1.165) is 18.1 Å². The lowest BCUT2D eigenvalue weighted by molar-refractivity contribution is 0.419. The lowest BCUT2D eigenvalue weighted by Gasteiger charge is -2.13. The third kappa shape index (κ3) is 4.29. The predicted molar refractivity (Wildman–Crippen MR) is 94.1 cm³/mol. The molecule has 2 heterocycles. The second kappa shape index (κ2) is 8.13. The number of hydrogen-bond acceptors (Lipinski definition) is 4. The van der Waals surface area contributed by atoms with Gasteiger partial charge in [-0.2, -0.15) is 0 Å². The number of rotatable bonds is 1. The number of thioether (sulfide) groups is 1. The number of fused-ring (bicyclic) bond motifs is 1. The summed E-state index contributed by atoms with van der Waals surface area (Å²) in [7, 11) is 2.19. The Bertz CT molecular complexity index is 467. The van der Waals surface area contributed by atoms with Gasteiger partial charge in [0.05, 0.1) is 0 Å². The van der Waals surface area contributed by atoms with Crippen molar-refractivity contribution in [1.29, 1.82) is 0 Å². The first-order chi connectivity index (χ1) is 8.81. The van der Waals surface area contributed by atoms with Gasteiger partial charge in [-0.25, -0.2) is 0 Å². The summed E-state index contributed by atoms with van der Waals surface area (Å²) in [5.41, 5.74) is 2.60. The number of hydrogen-bond donors (Lipinski definition) is 1. The van der Waals surface area contributed by atoms with Gasteiger partial charge < -0.3 is 10.2 Å². The van der Waals surface area contributed by atoms with E-state index in [1.807, 2.05) is 11.8 Å². The lowest BCUT2D eigenvalue weighted by atomic mass is 10.1. The molecule has 1 aromatic carbocycles. The van der Waals surface area contributed by atoms with Crippen LogP contribution in [0.15, 0.2) is 29.3 Å². The molecule has 1 aromatic rings. The molecule has 0 bridgehead atoms. The fourth-order valence-electron chi connectivity index (χ4n) is 2.51. The molecule has 3 nitrogen and oxygen atoms in total. The number of nitrogens with one attached hydrogen (secondary N) is 1. The highest BCUT2D eigenvalue weighted by molar-refractivity contribution is 8.14. The van der Waals surface area contributed by atoms with Crippen molar-refractivity contribution in [3.63, 3.8) is 0 Å². The summed E-state index contributed by atoms with van der Waals surface area (Å²) in [4.78, 5) is 7.07. The largest absolute Gasteiger partial charge is 0.335 e. The Morgan fingerprint density at radius 2 is 2.10 bits per heavy atom. The van der Waals surface area contributed by atoms with Crippen molar-refractivity contribution >= 4 is 47.4 Å². The molecule has 2 aliphatic heterocycles. The number of likely N-dealkylation sites (tertiary alicyclic amines) is 1. The third-order valence-corrected chi connectivity index (χ3v) is 4.69. The minimum atomic E-state index is 0. The van der Waals surface area contributed by atoms with Crippen LogP contribution in [0.4, 0.5) is 5.69 Å². The van der Waals surface area contributed by atoms with Crippen molar-refractivity contribution in [2.75, 3.05) is 32.0 Å². The zero-order valence-electron chi connectivity index (χ0n) is 11.5. The first kappa shape index (κ1) is 17.6. The SMILES string of the molecule is CN1CC[C@H](SC2=NCCc3ccccc3N2)C1.Cl.Cl. The molecule has 6 heteroatoms. The molecule has 0 aromatic heterocycles. The minimum Gasteiger partial charge on any atom is -0.335 e. The maximum Gasteiger partial charge on any atom is 0.161 e. The topological polar surface area (TPSA) is 27.6 Å². The molecule has 20 heavy (non-hydrogen) atoms. The highest BCUT2D eigenvalue weighted by Crippen LogP contribution is 2.26. The van der Waals surface area contributed by atoms with Crippen molar-refractivity contribution in [2.45, 2.75) is 18.1 Å². The summed E-state index contributed by atoms with van der Waals surface area (Å²) < 4.78 is 0. The number of halogens is 2. The smallest absolute Gasteiger partial charge is 0.161 e. The molecule has 1 N–H and O–H groups in total. The van der Waals surface area contributed by atoms with E-state index in [4.69, 9.17) is 0 Å². The van der Waals surface area contributed by atoms with Gasteiger partial charge in [-0.05, 0) is 38.1 Å². The van der Waals surface area contributed by atoms with E-state index in [0.29, 0.717) is 5.25 Å². The van der Waals surface area contributed by atoms with Crippen LogP contribution in [-0.2, 0) is 6.42 Å². The molecular weight excluding hydrogens is 313 g/mol. The average Bonchev–Trinajstić information content (AvgIpc) is 2.66. The summed E-state index contributed by atoms with van der Waals surface area (Å²) >= 11 is 1.91. The van der Waals surface area contributed by atoms with E-state index in [9.17, 15) is 0 Å². The summed E-state index contributed by atoms with van der Waals surface area (Å²) in [6.45, 7) is 3.28. The van der Waals surface area contributed by atoms with Crippen LogP contribution < -0.4 is 5.32 Å². The zero-order chi connectivity index (χ0) is 12.4. The molecule has 0 amide bonds. The third-order valence-electron chi connectivity index (χ3n) is 3.52. The van der Waals surface area contributed by atoms with E-state index in [-0.39, 0.29) is 24.8 Å². The summed E-state index contributed by atoms with van der Waals surface area (Å²) in [5, 5.41) is 5.28. The maximum absolute atomic E-state index is 4.68. The van der Waals surface area contributed by atoms with Crippen LogP contribution in [0.2, 0.25) is 0 Å². The molecule has 0 aliphatic carbocycles. The van der Waals surface area contributed by atoms with Crippen LogP contribution in [0.5, 0.6) is 0 Å². The summed E-state index contributed by atoms with van der Waals surface area (Å²) in [5.74, 6) is 0. The molecule has 0 saturated carbocycles. The van der Waals surface area contributed by atoms with Crippen LogP contribution >= 0.6 is 36.6 Å². The molecule has 0 unspecified atom stereocenters. The highest BCUT2D eigenvalue weighted by atomic mass is 35.5. The van der Waals surface area contributed by atoms with Gasteiger partial charge in [-0.3, -0.25) is 4.99 Å². The standard InChI is InChI=1S/C14H19N3S.2ClH/c1-17-9-7-12(10-17)18-14-15-8-6-11-4-2-3-5-13(11)16-14;;/h2-5,12H,6-10H2,1H3,(H,15,16);2*1H/t12-;;/m0../s1. The molecule has 112 valence electrons. The van der Waals surface area contributed by atoms with E-state index in [1.165, 1.54) is 30.8 Å². The van der Waals surface area contributed by atoms with Gasteiger partial charge in [0.2, 0.25) is 0 Å². The van der Waals surface area contributed by atoms with E-state index in [2.05, 4.69) is 46.5 Å². The van der Waals surface area contributed by atoms with Crippen molar-refractivity contribution in [2.24, 2.45) is 4.99 Å². The van der Waals surface area contributed by atoms with Crippen molar-refractivity contribution in [3.05, 3.63) is 29.8 Å².